The van der Waals surface area contributed by atoms with Crippen molar-refractivity contribution in [2.45, 2.75) is 6.42 Å². The summed E-state index contributed by atoms with van der Waals surface area (Å²) in [5.74, 6) is 4.47. The quantitative estimate of drug-likeness (QED) is 0.0147. The Hall–Kier alpha value is -14.4. The van der Waals surface area contributed by atoms with Crippen molar-refractivity contribution in [3.05, 3.63) is 422 Å². The summed E-state index contributed by atoms with van der Waals surface area (Å²) in [5, 5.41) is 70.3. The number of ether oxygens (including phenoxy) is 4. The molecule has 128 heavy (non-hydrogen) atoms. The topological polar surface area (TPSA) is 462 Å². The molecule has 32 nitrogen and oxygen atoms in total. The average Bonchev–Trinajstić information content (AvgIpc) is 1.65. The van der Waals surface area contributed by atoms with Gasteiger partial charge in [-0.15, -0.1) is 0 Å². The van der Waals surface area contributed by atoms with Gasteiger partial charge >= 0.3 is 103 Å². The van der Waals surface area contributed by atoms with Crippen LogP contribution in [0.25, 0.3) is 68.6 Å². The number of carbonyl (C=O) groups excluding carboxylic acids is 4. The summed E-state index contributed by atoms with van der Waals surface area (Å²) in [7, 11) is 0. The third-order valence-corrected chi connectivity index (χ3v) is 18.2. The molecule has 0 unspecified atom stereocenters. The van der Waals surface area contributed by atoms with E-state index in [0.29, 0.717) is 62.7 Å². The Bertz CT molecular complexity index is 6190. The minimum atomic E-state index is -0.470. The van der Waals surface area contributed by atoms with Gasteiger partial charge in [-0.05, 0) is 254 Å². The van der Waals surface area contributed by atoms with Gasteiger partial charge in [0.05, 0.1) is 47.4 Å². The van der Waals surface area contributed by atoms with Crippen molar-refractivity contribution in [3.8, 4) is 74.0 Å². The molecule has 5 N–H and O–H groups in total. The molecular weight excluding hydrogens is 1770 g/mol. The molecule has 2 aliphatic heterocycles. The molecule has 0 spiro atoms. The normalized spacial score (nSPS) is 10.3. The second kappa shape index (κ2) is 49.3. The fourth-order valence-corrected chi connectivity index (χ4v) is 11.9. The number of non-ortho nitro benzene ring substituents is 5. The number of aldehydes is 3. The molecular formula is C93H68BrK2N11O21. The van der Waals surface area contributed by atoms with Crippen LogP contribution in [0.4, 0.5) is 28.4 Å². The molecule has 35 heteroatoms. The Morgan fingerprint density at radius 3 is 0.883 bits per heavy atom. The predicted molar refractivity (Wildman–Crippen MR) is 473 cm³/mol. The van der Waals surface area contributed by atoms with Crippen molar-refractivity contribution in [2.75, 3.05) is 0 Å². The van der Waals surface area contributed by atoms with E-state index < -0.39 is 24.6 Å². The predicted octanol–water partition coefficient (Wildman–Crippen LogP) is 15.8. The zero-order chi connectivity index (χ0) is 89.3. The Balaban J connectivity index is 0.000000227. The van der Waals surface area contributed by atoms with Crippen LogP contribution in [0.5, 0.6) is 51.7 Å². The molecule has 630 valence electrons. The number of carbonyl (C=O) groups is 4. The van der Waals surface area contributed by atoms with E-state index in [1.807, 2.05) is 134 Å². The monoisotopic (exact) mass is 1830 g/mol. The molecule has 0 aliphatic carbocycles. The van der Waals surface area contributed by atoms with Crippen LogP contribution in [0.15, 0.2) is 320 Å². The third kappa shape index (κ3) is 29.6. The first-order chi connectivity index (χ1) is 61.1. The molecule has 0 saturated carbocycles. The van der Waals surface area contributed by atoms with Crippen molar-refractivity contribution in [2.24, 2.45) is 0 Å². The number of nitrogens with one attached hydrogen (secondary N) is 4. The summed E-state index contributed by atoms with van der Waals surface area (Å²) in [6.07, 6.45) is 15.0. The van der Waals surface area contributed by atoms with Crippen LogP contribution < -0.4 is 127 Å². The van der Waals surface area contributed by atoms with Crippen molar-refractivity contribution in [1.82, 2.24) is 29.9 Å². The molecule has 0 amide bonds. The molecule has 17 rings (SSSR count). The SMILES string of the molecule is O=CO[O-].O=Cc1ccc(O)cc1.O=Cc1ccc(Oc2ccc([N+](=O)[O-])cc2)cc1.O=Cc1ccc(Oc2ccc([N+](=O)[O-])cc2)cc1.O=[N+]([O-])c1ccc(Br)cc1.O=[N+]([O-])c1ccc(Oc2ccc(-c3c4nc(cc5ccc([nH]5)c(-c5ccc(Oc6ccc([N+](=O)[O-])cc6)cc5)c5nc(cc6ccc3[nH]6)C=C5)C=C4)cc2)cc1.[H-].[K+].[K+].c1c[nH]c(Cc2ccc[nH]2)c1. The van der Waals surface area contributed by atoms with Crippen LogP contribution in [-0.4, -0.2) is 85.0 Å². The number of aromatic nitrogens is 6. The van der Waals surface area contributed by atoms with E-state index in [4.69, 9.17) is 44.1 Å². The summed E-state index contributed by atoms with van der Waals surface area (Å²) in [6, 6.07) is 84.4. The van der Waals surface area contributed by atoms with Crippen LogP contribution >= 0.6 is 15.9 Å². The third-order valence-electron chi connectivity index (χ3n) is 17.7. The van der Waals surface area contributed by atoms with Gasteiger partial charge in [-0.1, -0.05) is 40.2 Å². The Morgan fingerprint density at radius 2 is 0.625 bits per heavy atom. The number of phenolic OH excluding ortho intramolecular Hbond substituents is 1. The number of halogens is 1. The summed E-state index contributed by atoms with van der Waals surface area (Å²) in [6.45, 7) is -0.181. The van der Waals surface area contributed by atoms with E-state index >= 15 is 0 Å². The van der Waals surface area contributed by atoms with Crippen LogP contribution in [0.3, 0.4) is 0 Å². The first-order valence-corrected chi connectivity index (χ1v) is 38.1. The number of aromatic hydroxyl groups is 1. The van der Waals surface area contributed by atoms with Gasteiger partial charge in [0.2, 0.25) is 0 Å². The number of nitro benzene ring substituents is 5. The maximum absolute atomic E-state index is 11.0. The molecule has 0 fully saturated rings. The minimum absolute atomic E-state index is 0. The summed E-state index contributed by atoms with van der Waals surface area (Å²) < 4.78 is 23.7. The summed E-state index contributed by atoms with van der Waals surface area (Å²) in [5.41, 5.74) is 14.5. The molecule has 8 bridgehead atoms. The summed E-state index contributed by atoms with van der Waals surface area (Å²) >= 11 is 3.17. The number of hydrogen-bond acceptors (Lipinski definition) is 23. The van der Waals surface area contributed by atoms with Crippen molar-refractivity contribution in [1.29, 1.82) is 0 Å². The molecule has 7 heterocycles. The van der Waals surface area contributed by atoms with E-state index in [0.717, 1.165) is 96.8 Å². The van der Waals surface area contributed by atoms with E-state index in [-0.39, 0.29) is 145 Å². The minimum Gasteiger partial charge on any atom is -1.00 e. The van der Waals surface area contributed by atoms with Gasteiger partial charge in [-0.3, -0.25) is 69.7 Å². The maximum Gasteiger partial charge on any atom is 1.00 e. The number of H-pyrrole nitrogens is 4. The number of fused-ring (bicyclic) bond motifs is 8. The van der Waals surface area contributed by atoms with Crippen molar-refractivity contribution >= 4 is 116 Å². The van der Waals surface area contributed by atoms with Gasteiger partial charge in [0.15, 0.2) is 0 Å². The Morgan fingerprint density at radius 1 is 0.359 bits per heavy atom. The summed E-state index contributed by atoms with van der Waals surface area (Å²) in [4.78, 5) is 117. The number of nitro groups is 5. The molecule has 10 aromatic carbocycles. The van der Waals surface area contributed by atoms with Crippen LogP contribution in [0.1, 0.15) is 66.7 Å². The molecule has 2 aliphatic rings. The number of hydrogen-bond donors (Lipinski definition) is 5. The zero-order valence-electron chi connectivity index (χ0n) is 68.5. The van der Waals surface area contributed by atoms with Crippen LogP contribution in [0.2, 0.25) is 0 Å². The van der Waals surface area contributed by atoms with Gasteiger partial charge < -0.3 is 55.6 Å². The van der Waals surface area contributed by atoms with Crippen LogP contribution in [0, 0.1) is 50.6 Å². The van der Waals surface area contributed by atoms with Gasteiger partial charge in [-0.25, -0.2) is 9.97 Å². The van der Waals surface area contributed by atoms with Gasteiger partial charge in [0.1, 0.15) is 70.6 Å². The molecule has 0 radical (unpaired) electrons. The zero-order valence-corrected chi connectivity index (χ0v) is 75.3. The first-order valence-electron chi connectivity index (χ1n) is 37.3. The standard InChI is InChI=1S/C44H28N6O6.2C13H9NO4.C9H10N2.C7H6O2.C6H4BrNO2.CH2O3.2K.H/c51-49(52)33-9-17-37(18-10-33)55-35-13-1-27(2-14-35)43-39-21-5-29(45-39)25-31-7-23-41(47-31)44(42-24-8-32(48-42)26-30-6-22-40(43)46-30)28-3-15-36(16-4-28)56-38-19-11-34(12-20-38)50(53)54;2*15-9-10-1-5-12(6-2-10)18-13-7-3-11(4-8-13)14(16)17;1-3-8(10-5-1)7-9-4-2-6-11-9;8-5-6-1-3-7(9)4-2-6;7-5-1-3-6(4-2-5)8(9)10;2-1-4-3;;;/h1-26,45,48H;2*1-9H;1-6,10-11H,7H2;1-5,9H;1-4H;1,3H;;;/q;;;;;;;2*+1;-1/p-1. The number of rotatable bonds is 21. The Labute approximate surface area is 821 Å². The fourth-order valence-electron chi connectivity index (χ4n) is 11.7. The first kappa shape index (κ1) is 97.4. The fraction of sp³-hybridized carbons (Fsp3) is 0.0108. The van der Waals surface area contributed by atoms with Crippen molar-refractivity contribution < 1.29 is 182 Å². The van der Waals surface area contributed by atoms with Crippen LogP contribution in [-0.2, 0) is 16.1 Å². The second-order valence-corrected chi connectivity index (χ2v) is 27.2. The molecule has 0 saturated heterocycles. The largest absolute Gasteiger partial charge is 1.00 e. The smallest absolute Gasteiger partial charge is 1.00 e. The van der Waals surface area contributed by atoms with Crippen molar-refractivity contribution in [3.63, 3.8) is 0 Å². The number of benzene rings is 10. The number of aromatic amines is 4. The Kier molecular flexibility index (Phi) is 37.5. The number of phenols is 1. The van der Waals surface area contributed by atoms with Gasteiger partial charge in [0, 0.05) is 145 Å². The molecule has 5 aromatic heterocycles. The van der Waals surface area contributed by atoms with E-state index in [1.54, 1.807) is 97.1 Å². The van der Waals surface area contributed by atoms with E-state index in [2.05, 4.69) is 52.9 Å². The second-order valence-electron chi connectivity index (χ2n) is 26.2. The van der Waals surface area contributed by atoms with Gasteiger partial charge in [0.25, 0.3) is 34.9 Å². The number of nitrogens with zero attached hydrogens (tertiary/aromatic N) is 7. The molecule has 0 atom stereocenters. The van der Waals surface area contributed by atoms with Gasteiger partial charge in [-0.2, -0.15) is 0 Å². The molecule has 15 aromatic rings. The van der Waals surface area contributed by atoms with E-state index in [1.165, 1.54) is 108 Å². The average molecular weight is 1830 g/mol. The maximum atomic E-state index is 11.0. The van der Waals surface area contributed by atoms with E-state index in [9.17, 15) is 65.0 Å².